The molecule has 1 aromatic heterocycles. The summed E-state index contributed by atoms with van der Waals surface area (Å²) in [7, 11) is 0. The lowest BCUT2D eigenvalue weighted by Crippen LogP contribution is -2.14. The van der Waals surface area contributed by atoms with E-state index in [9.17, 15) is 9.59 Å². The van der Waals surface area contributed by atoms with Gasteiger partial charge in [-0.15, -0.1) is 0 Å². The minimum atomic E-state index is -0.221. The number of rotatable bonds is 6. The fraction of sp³-hybridized carbons (Fsp3) is 0.0690. The van der Waals surface area contributed by atoms with Gasteiger partial charge >= 0.3 is 0 Å². The molecule has 0 saturated heterocycles. The van der Waals surface area contributed by atoms with Crippen molar-refractivity contribution >= 4 is 29.3 Å². The van der Waals surface area contributed by atoms with Crippen molar-refractivity contribution < 1.29 is 9.59 Å². The molecule has 2 N–H and O–H groups in total. The molecule has 4 rings (SSSR count). The first-order chi connectivity index (χ1) is 16.5. The molecule has 0 bridgehead atoms. The van der Waals surface area contributed by atoms with Gasteiger partial charge in [-0.3, -0.25) is 14.6 Å². The summed E-state index contributed by atoms with van der Waals surface area (Å²) < 4.78 is 0. The van der Waals surface area contributed by atoms with E-state index in [4.69, 9.17) is 0 Å². The predicted octanol–water partition coefficient (Wildman–Crippen LogP) is 6.27. The molecule has 0 spiro atoms. The Balaban J connectivity index is 1.49. The largest absolute Gasteiger partial charge is 0.322 e. The summed E-state index contributed by atoms with van der Waals surface area (Å²) in [6, 6.07) is 24.8. The van der Waals surface area contributed by atoms with Gasteiger partial charge in [-0.25, -0.2) is 0 Å². The van der Waals surface area contributed by atoms with Gasteiger partial charge in [0.1, 0.15) is 0 Å². The highest BCUT2D eigenvalue weighted by atomic mass is 16.2. The topological polar surface area (TPSA) is 71.1 Å². The molecule has 5 heteroatoms. The number of para-hydroxylation sites is 1. The highest BCUT2D eigenvalue weighted by Crippen LogP contribution is 2.24. The minimum absolute atomic E-state index is 0.220. The van der Waals surface area contributed by atoms with Crippen LogP contribution in [-0.4, -0.2) is 16.8 Å². The van der Waals surface area contributed by atoms with Crippen LogP contribution in [0.1, 0.15) is 27.0 Å². The number of aromatic nitrogens is 1. The van der Waals surface area contributed by atoms with E-state index in [0.29, 0.717) is 11.3 Å². The third-order valence-electron chi connectivity index (χ3n) is 5.41. The maximum Gasteiger partial charge on any atom is 0.257 e. The van der Waals surface area contributed by atoms with Crippen LogP contribution in [0.4, 0.5) is 11.4 Å². The van der Waals surface area contributed by atoms with E-state index in [2.05, 4.69) is 15.6 Å². The first kappa shape index (κ1) is 22.7. The summed E-state index contributed by atoms with van der Waals surface area (Å²) >= 11 is 0. The lowest BCUT2D eigenvalue weighted by Gasteiger charge is -2.12. The molecule has 0 unspecified atom stereocenters. The van der Waals surface area contributed by atoms with E-state index in [0.717, 1.165) is 33.5 Å². The van der Waals surface area contributed by atoms with Crippen LogP contribution in [0.5, 0.6) is 0 Å². The fourth-order valence-electron chi connectivity index (χ4n) is 3.62. The molecular weight excluding hydrogens is 422 g/mol. The highest BCUT2D eigenvalue weighted by molar-refractivity contribution is 6.05. The Morgan fingerprint density at radius 3 is 2.26 bits per heavy atom. The smallest absolute Gasteiger partial charge is 0.257 e. The monoisotopic (exact) mass is 447 g/mol. The third-order valence-corrected chi connectivity index (χ3v) is 5.41. The Kier molecular flexibility index (Phi) is 6.94. The number of nitrogens with one attached hydrogen (secondary N) is 2. The molecule has 168 valence electrons. The van der Waals surface area contributed by atoms with Gasteiger partial charge in [-0.2, -0.15) is 0 Å². The second-order valence-corrected chi connectivity index (χ2v) is 8.00. The lowest BCUT2D eigenvalue weighted by molar-refractivity contribution is -0.111. The molecule has 0 atom stereocenters. The predicted molar refractivity (Wildman–Crippen MR) is 138 cm³/mol. The average molecular weight is 448 g/mol. The zero-order valence-electron chi connectivity index (χ0n) is 19.1. The van der Waals surface area contributed by atoms with Crippen molar-refractivity contribution in [1.82, 2.24) is 4.98 Å². The molecule has 0 aliphatic heterocycles. The van der Waals surface area contributed by atoms with Crippen molar-refractivity contribution in [3.63, 3.8) is 0 Å². The maximum atomic E-state index is 12.9. The Labute approximate surface area is 199 Å². The van der Waals surface area contributed by atoms with Crippen molar-refractivity contribution in [1.29, 1.82) is 0 Å². The maximum absolute atomic E-state index is 12.9. The number of hydrogen-bond acceptors (Lipinski definition) is 3. The van der Waals surface area contributed by atoms with Crippen molar-refractivity contribution in [3.05, 3.63) is 120 Å². The molecular formula is C29H25N3O2. The molecule has 5 nitrogen and oxygen atoms in total. The molecule has 0 aliphatic carbocycles. The Morgan fingerprint density at radius 1 is 0.765 bits per heavy atom. The number of pyridine rings is 1. The number of carbonyl (C=O) groups excluding carboxylic acids is 2. The summed E-state index contributed by atoms with van der Waals surface area (Å²) in [5.41, 5.74) is 6.51. The number of aryl methyl sites for hydroxylation is 2. The van der Waals surface area contributed by atoms with E-state index < -0.39 is 0 Å². The standard InChI is InChI=1S/C29H25N3O2/c1-20-8-6-9-21(2)28(20)32-29(34)25-16-24(18-30-19-25)23-12-7-13-26(17-23)31-27(33)15-14-22-10-4-3-5-11-22/h3-19H,1-2H3,(H,31,33)(H,32,34)/b15-14+. The summed E-state index contributed by atoms with van der Waals surface area (Å²) in [5, 5.41) is 5.87. The summed E-state index contributed by atoms with van der Waals surface area (Å²) in [6.45, 7) is 3.93. The molecule has 0 fully saturated rings. The molecule has 0 aliphatic rings. The van der Waals surface area contributed by atoms with Crippen LogP contribution in [-0.2, 0) is 4.79 Å². The Hall–Kier alpha value is -4.51. The lowest BCUT2D eigenvalue weighted by atomic mass is 10.0. The van der Waals surface area contributed by atoms with Gasteiger partial charge in [-0.05, 0) is 60.4 Å². The van der Waals surface area contributed by atoms with Crippen LogP contribution in [0.2, 0.25) is 0 Å². The Bertz CT molecular complexity index is 1340. The number of anilines is 2. The Morgan fingerprint density at radius 2 is 1.50 bits per heavy atom. The second kappa shape index (κ2) is 10.4. The number of hydrogen-bond donors (Lipinski definition) is 2. The van der Waals surface area contributed by atoms with Gasteiger partial charge in [0, 0.05) is 35.4 Å². The average Bonchev–Trinajstić information content (AvgIpc) is 2.86. The van der Waals surface area contributed by atoms with Crippen LogP contribution in [0, 0.1) is 13.8 Å². The van der Waals surface area contributed by atoms with E-state index >= 15 is 0 Å². The third kappa shape index (κ3) is 5.64. The highest BCUT2D eigenvalue weighted by Gasteiger charge is 2.12. The first-order valence-electron chi connectivity index (χ1n) is 11.0. The van der Waals surface area contributed by atoms with Crippen molar-refractivity contribution in [2.75, 3.05) is 10.6 Å². The molecule has 2 amide bonds. The molecule has 0 radical (unpaired) electrons. The van der Waals surface area contributed by atoms with Crippen molar-refractivity contribution in [2.24, 2.45) is 0 Å². The number of carbonyl (C=O) groups is 2. The number of benzene rings is 3. The van der Waals surface area contributed by atoms with Gasteiger partial charge in [-0.1, -0.05) is 60.7 Å². The first-order valence-corrected chi connectivity index (χ1v) is 11.0. The van der Waals surface area contributed by atoms with Crippen LogP contribution in [0.25, 0.3) is 17.2 Å². The molecule has 0 saturated carbocycles. The normalized spacial score (nSPS) is 10.8. The summed E-state index contributed by atoms with van der Waals surface area (Å²) in [4.78, 5) is 29.5. The number of amides is 2. The van der Waals surface area contributed by atoms with Gasteiger partial charge < -0.3 is 10.6 Å². The van der Waals surface area contributed by atoms with Crippen LogP contribution < -0.4 is 10.6 Å². The van der Waals surface area contributed by atoms with E-state index in [1.807, 2.05) is 86.6 Å². The van der Waals surface area contributed by atoms with Gasteiger partial charge in [0.05, 0.1) is 5.56 Å². The van der Waals surface area contributed by atoms with Gasteiger partial charge in [0.15, 0.2) is 0 Å². The van der Waals surface area contributed by atoms with Crippen LogP contribution in [0.3, 0.4) is 0 Å². The quantitative estimate of drug-likeness (QED) is 0.342. The van der Waals surface area contributed by atoms with Gasteiger partial charge in [0.2, 0.25) is 5.91 Å². The van der Waals surface area contributed by atoms with E-state index in [1.165, 1.54) is 6.08 Å². The van der Waals surface area contributed by atoms with E-state index in [-0.39, 0.29) is 11.8 Å². The molecule has 1 heterocycles. The SMILES string of the molecule is Cc1cccc(C)c1NC(=O)c1cncc(-c2cccc(NC(=O)/C=C/c3ccccc3)c2)c1. The van der Waals surface area contributed by atoms with Gasteiger partial charge in [0.25, 0.3) is 5.91 Å². The van der Waals surface area contributed by atoms with Crippen molar-refractivity contribution in [3.8, 4) is 11.1 Å². The minimum Gasteiger partial charge on any atom is -0.322 e. The summed E-state index contributed by atoms with van der Waals surface area (Å²) in [6.07, 6.45) is 6.52. The van der Waals surface area contributed by atoms with Crippen LogP contribution >= 0.6 is 0 Å². The molecule has 3 aromatic carbocycles. The molecule has 34 heavy (non-hydrogen) atoms. The zero-order valence-corrected chi connectivity index (χ0v) is 19.1. The molecule has 4 aromatic rings. The second-order valence-electron chi connectivity index (χ2n) is 8.00. The number of nitrogens with zero attached hydrogens (tertiary/aromatic N) is 1. The van der Waals surface area contributed by atoms with E-state index in [1.54, 1.807) is 24.5 Å². The van der Waals surface area contributed by atoms with Crippen molar-refractivity contribution in [2.45, 2.75) is 13.8 Å². The zero-order chi connectivity index (χ0) is 23.9. The fourth-order valence-corrected chi connectivity index (χ4v) is 3.62. The summed E-state index contributed by atoms with van der Waals surface area (Å²) in [5.74, 6) is -0.442. The van der Waals surface area contributed by atoms with Crippen LogP contribution in [0.15, 0.2) is 97.3 Å².